The molecule has 2 aromatic rings. The van der Waals surface area contributed by atoms with Gasteiger partial charge in [0.25, 0.3) is 11.6 Å². The van der Waals surface area contributed by atoms with E-state index in [0.29, 0.717) is 4.90 Å². The van der Waals surface area contributed by atoms with E-state index in [0.717, 1.165) is 17.8 Å². The van der Waals surface area contributed by atoms with Gasteiger partial charge in [0, 0.05) is 34.2 Å². The lowest BCUT2D eigenvalue weighted by Crippen LogP contribution is -2.30. The molecule has 2 aromatic carbocycles. The van der Waals surface area contributed by atoms with E-state index in [-0.39, 0.29) is 34.2 Å². The van der Waals surface area contributed by atoms with Crippen molar-refractivity contribution < 1.29 is 22.5 Å². The van der Waals surface area contributed by atoms with Gasteiger partial charge in [0.15, 0.2) is 9.84 Å². The molecule has 0 heterocycles. The van der Waals surface area contributed by atoms with Crippen LogP contribution < -0.4 is 5.32 Å². The molecule has 10 heteroatoms. The Hall–Kier alpha value is -2.46. The summed E-state index contributed by atoms with van der Waals surface area (Å²) in [5.74, 6) is -1.43. The van der Waals surface area contributed by atoms with Crippen LogP contribution in [0.5, 0.6) is 0 Å². The van der Waals surface area contributed by atoms with E-state index in [1.54, 1.807) is 6.07 Å². The maximum absolute atomic E-state index is 13.9. The molecular weight excluding hydrogens is 395 g/mol. The van der Waals surface area contributed by atoms with Crippen molar-refractivity contribution in [3.8, 4) is 0 Å². The minimum Gasteiger partial charge on any atom is -0.351 e. The van der Waals surface area contributed by atoms with Gasteiger partial charge in [-0.2, -0.15) is 0 Å². The van der Waals surface area contributed by atoms with Gasteiger partial charge >= 0.3 is 0 Å². The summed E-state index contributed by atoms with van der Waals surface area (Å²) in [5.41, 5.74) is -0.314. The first-order chi connectivity index (χ1) is 12.7. The van der Waals surface area contributed by atoms with Crippen LogP contribution in [0.3, 0.4) is 0 Å². The fraction of sp³-hybridized carbons (Fsp3) is 0.235. The molecule has 0 aliphatic carbocycles. The van der Waals surface area contributed by atoms with Gasteiger partial charge in [-0.25, -0.2) is 12.8 Å². The number of amides is 1. The molecule has 0 radical (unpaired) electrons. The molecular formula is C17H17FN2O5S2. The summed E-state index contributed by atoms with van der Waals surface area (Å²) < 4.78 is 36.9. The molecule has 0 aromatic heterocycles. The molecule has 0 saturated carbocycles. The number of nitrogens with zero attached hydrogens (tertiary/aromatic N) is 1. The van der Waals surface area contributed by atoms with Crippen LogP contribution in [0.2, 0.25) is 0 Å². The zero-order valence-electron chi connectivity index (χ0n) is 14.3. The molecule has 0 fully saturated rings. The second-order valence-corrected chi connectivity index (χ2v) is 9.02. The third kappa shape index (κ3) is 5.76. The predicted molar refractivity (Wildman–Crippen MR) is 100 cm³/mol. The Bertz CT molecular complexity index is 964. The van der Waals surface area contributed by atoms with E-state index in [1.807, 2.05) is 0 Å². The van der Waals surface area contributed by atoms with Gasteiger partial charge in [0.05, 0.1) is 16.2 Å². The SMILES string of the molecule is CCS(=O)(=O)CCNC(=O)c1cc([N+](=O)[O-])ccc1Sc1ccccc1F. The molecule has 144 valence electrons. The molecule has 0 aliphatic rings. The van der Waals surface area contributed by atoms with Crippen LogP contribution in [-0.2, 0) is 9.84 Å². The van der Waals surface area contributed by atoms with Crippen molar-refractivity contribution in [1.29, 1.82) is 0 Å². The number of hydrogen-bond acceptors (Lipinski definition) is 6. The average Bonchev–Trinajstić information content (AvgIpc) is 2.63. The summed E-state index contributed by atoms with van der Waals surface area (Å²) in [6.07, 6.45) is 0. The number of nitrogens with one attached hydrogen (secondary N) is 1. The van der Waals surface area contributed by atoms with Crippen molar-refractivity contribution in [2.45, 2.75) is 16.7 Å². The molecule has 7 nitrogen and oxygen atoms in total. The largest absolute Gasteiger partial charge is 0.351 e. The van der Waals surface area contributed by atoms with Gasteiger partial charge in [-0.1, -0.05) is 30.8 Å². The van der Waals surface area contributed by atoms with E-state index >= 15 is 0 Å². The zero-order valence-corrected chi connectivity index (χ0v) is 16.0. The molecule has 0 bridgehead atoms. The topological polar surface area (TPSA) is 106 Å². The Morgan fingerprint density at radius 3 is 2.56 bits per heavy atom. The number of sulfone groups is 1. The minimum atomic E-state index is -3.26. The average molecular weight is 412 g/mol. The minimum absolute atomic E-state index is 0.0219. The van der Waals surface area contributed by atoms with Crippen LogP contribution in [-0.4, -0.2) is 37.3 Å². The molecule has 0 atom stereocenters. The van der Waals surface area contributed by atoms with Gasteiger partial charge < -0.3 is 5.32 Å². The summed E-state index contributed by atoms with van der Waals surface area (Å²) in [7, 11) is -3.26. The fourth-order valence-electron chi connectivity index (χ4n) is 2.10. The lowest BCUT2D eigenvalue weighted by Gasteiger charge is -2.10. The van der Waals surface area contributed by atoms with Crippen LogP contribution in [0.15, 0.2) is 52.3 Å². The number of nitro groups is 1. The van der Waals surface area contributed by atoms with Gasteiger partial charge in [0.1, 0.15) is 5.82 Å². The molecule has 0 saturated heterocycles. The normalized spacial score (nSPS) is 11.2. The van der Waals surface area contributed by atoms with E-state index in [4.69, 9.17) is 0 Å². The smallest absolute Gasteiger partial charge is 0.270 e. The van der Waals surface area contributed by atoms with E-state index in [9.17, 15) is 27.7 Å². The number of rotatable bonds is 8. The molecule has 2 rings (SSSR count). The van der Waals surface area contributed by atoms with E-state index in [2.05, 4.69) is 5.32 Å². The van der Waals surface area contributed by atoms with Crippen LogP contribution >= 0.6 is 11.8 Å². The Labute approximate surface area is 160 Å². The van der Waals surface area contributed by atoms with Crippen molar-refractivity contribution in [1.82, 2.24) is 5.32 Å². The first-order valence-electron chi connectivity index (χ1n) is 7.93. The highest BCUT2D eigenvalue weighted by molar-refractivity contribution is 7.99. The highest BCUT2D eigenvalue weighted by Gasteiger charge is 2.19. The second kappa shape index (κ2) is 8.96. The number of halogens is 1. The number of non-ortho nitro benzene ring substituents is 1. The molecule has 0 aliphatic heterocycles. The van der Waals surface area contributed by atoms with Crippen LogP contribution in [0.25, 0.3) is 0 Å². The van der Waals surface area contributed by atoms with Crippen molar-refractivity contribution >= 4 is 33.2 Å². The third-order valence-corrected chi connectivity index (χ3v) is 6.45. The number of hydrogen-bond donors (Lipinski definition) is 1. The highest BCUT2D eigenvalue weighted by atomic mass is 32.2. The summed E-state index contributed by atoms with van der Waals surface area (Å²) in [5, 5.41) is 13.5. The Balaban J connectivity index is 2.28. The third-order valence-electron chi connectivity index (χ3n) is 3.61. The monoisotopic (exact) mass is 412 g/mol. The maximum Gasteiger partial charge on any atom is 0.270 e. The summed E-state index contributed by atoms with van der Waals surface area (Å²) >= 11 is 0.956. The van der Waals surface area contributed by atoms with E-state index in [1.165, 1.54) is 37.3 Å². The van der Waals surface area contributed by atoms with Crippen LogP contribution in [0, 0.1) is 15.9 Å². The Morgan fingerprint density at radius 2 is 1.93 bits per heavy atom. The van der Waals surface area contributed by atoms with Crippen molar-refractivity contribution in [3.63, 3.8) is 0 Å². The van der Waals surface area contributed by atoms with Gasteiger partial charge in [-0.05, 0) is 18.2 Å². The molecule has 1 N–H and O–H groups in total. The number of nitro benzene ring substituents is 1. The number of carbonyl (C=O) groups is 1. The quantitative estimate of drug-likeness (QED) is 0.528. The van der Waals surface area contributed by atoms with E-state index < -0.39 is 26.5 Å². The molecule has 27 heavy (non-hydrogen) atoms. The molecule has 0 unspecified atom stereocenters. The highest BCUT2D eigenvalue weighted by Crippen LogP contribution is 2.34. The maximum atomic E-state index is 13.9. The molecule has 0 spiro atoms. The van der Waals surface area contributed by atoms with Gasteiger partial charge in [-0.3, -0.25) is 14.9 Å². The number of benzene rings is 2. The van der Waals surface area contributed by atoms with Crippen LogP contribution in [0.4, 0.5) is 10.1 Å². The Kier molecular flexibility index (Phi) is 6.92. The van der Waals surface area contributed by atoms with Crippen molar-refractivity contribution in [2.75, 3.05) is 18.1 Å². The number of carbonyl (C=O) groups excluding carboxylic acids is 1. The summed E-state index contributed by atoms with van der Waals surface area (Å²) in [6.45, 7) is 1.38. The van der Waals surface area contributed by atoms with Gasteiger partial charge in [0.2, 0.25) is 0 Å². The first-order valence-corrected chi connectivity index (χ1v) is 10.6. The van der Waals surface area contributed by atoms with Gasteiger partial charge in [-0.15, -0.1) is 0 Å². The lowest BCUT2D eigenvalue weighted by atomic mass is 10.2. The summed E-state index contributed by atoms with van der Waals surface area (Å²) in [6, 6.07) is 9.63. The standard InChI is InChI=1S/C17H17FN2O5S2/c1-2-27(24,25)10-9-19-17(21)13-11-12(20(22)23)7-8-15(13)26-16-6-4-3-5-14(16)18/h3-8,11H,2,9-10H2,1H3,(H,19,21). The van der Waals surface area contributed by atoms with Crippen molar-refractivity contribution in [3.05, 3.63) is 64.0 Å². The molecule has 1 amide bonds. The van der Waals surface area contributed by atoms with Crippen LogP contribution in [0.1, 0.15) is 17.3 Å². The lowest BCUT2D eigenvalue weighted by molar-refractivity contribution is -0.384. The summed E-state index contributed by atoms with van der Waals surface area (Å²) in [4.78, 5) is 23.4. The zero-order chi connectivity index (χ0) is 20.0. The fourth-order valence-corrected chi connectivity index (χ4v) is 3.75. The first kappa shape index (κ1) is 20.8. The predicted octanol–water partition coefficient (Wildman–Crippen LogP) is 3.05. The second-order valence-electron chi connectivity index (χ2n) is 5.46. The Morgan fingerprint density at radius 1 is 1.22 bits per heavy atom. The van der Waals surface area contributed by atoms with Crippen molar-refractivity contribution in [2.24, 2.45) is 0 Å².